The lowest BCUT2D eigenvalue weighted by molar-refractivity contribution is 0.303. The first-order valence-corrected chi connectivity index (χ1v) is 4.57. The molecule has 2 aromatic rings. The van der Waals surface area contributed by atoms with E-state index in [1.54, 1.807) is 6.20 Å². The Bertz CT molecular complexity index is 424. The van der Waals surface area contributed by atoms with Crippen molar-refractivity contribution in [1.82, 2.24) is 9.38 Å². The molecule has 1 N–H and O–H groups in total. The molecule has 0 saturated heterocycles. The molecule has 2 aromatic heterocycles. The van der Waals surface area contributed by atoms with Crippen LogP contribution in [0.4, 0.5) is 5.82 Å². The summed E-state index contributed by atoms with van der Waals surface area (Å²) in [6, 6.07) is 5.92. The van der Waals surface area contributed by atoms with Crippen molar-refractivity contribution in [3.63, 3.8) is 0 Å². The summed E-state index contributed by atoms with van der Waals surface area (Å²) < 4.78 is 2.00. The van der Waals surface area contributed by atoms with Gasteiger partial charge in [0, 0.05) is 26.0 Å². The summed E-state index contributed by atoms with van der Waals surface area (Å²) in [4.78, 5) is 6.19. The molecule has 0 saturated carbocycles. The summed E-state index contributed by atoms with van der Waals surface area (Å²) in [5, 5.41) is 8.85. The Morgan fingerprint density at radius 1 is 1.50 bits per heavy atom. The number of imidazole rings is 1. The largest absolute Gasteiger partial charge is 0.395 e. The molecule has 0 fully saturated rings. The molecule has 2 heterocycles. The third kappa shape index (κ3) is 1.44. The Labute approximate surface area is 82.4 Å². The van der Waals surface area contributed by atoms with Gasteiger partial charge in [-0.05, 0) is 12.1 Å². The van der Waals surface area contributed by atoms with E-state index in [1.807, 2.05) is 40.7 Å². The average molecular weight is 191 g/mol. The van der Waals surface area contributed by atoms with E-state index in [0.717, 1.165) is 11.5 Å². The third-order valence-corrected chi connectivity index (χ3v) is 2.23. The quantitative estimate of drug-likeness (QED) is 0.778. The number of anilines is 1. The van der Waals surface area contributed by atoms with Crippen LogP contribution in [-0.2, 0) is 0 Å². The molecule has 14 heavy (non-hydrogen) atoms. The number of hydrogen-bond acceptors (Lipinski definition) is 3. The zero-order chi connectivity index (χ0) is 9.97. The number of aromatic nitrogens is 2. The van der Waals surface area contributed by atoms with Crippen LogP contribution in [0.3, 0.4) is 0 Å². The molecular weight excluding hydrogens is 178 g/mol. The number of rotatable bonds is 3. The van der Waals surface area contributed by atoms with E-state index in [2.05, 4.69) is 4.98 Å². The highest BCUT2D eigenvalue weighted by molar-refractivity contribution is 5.50. The molecule has 74 valence electrons. The lowest BCUT2D eigenvalue weighted by Gasteiger charge is -2.18. The zero-order valence-electron chi connectivity index (χ0n) is 8.09. The Balaban J connectivity index is 2.45. The number of aliphatic hydroxyl groups excluding tert-OH is 1. The fraction of sp³-hybridized carbons (Fsp3) is 0.300. The van der Waals surface area contributed by atoms with Crippen molar-refractivity contribution in [1.29, 1.82) is 0 Å². The van der Waals surface area contributed by atoms with Crippen molar-refractivity contribution in [2.24, 2.45) is 0 Å². The molecule has 0 aromatic carbocycles. The van der Waals surface area contributed by atoms with Gasteiger partial charge in [0.1, 0.15) is 11.5 Å². The number of aliphatic hydroxyl groups is 1. The van der Waals surface area contributed by atoms with Gasteiger partial charge in [-0.3, -0.25) is 4.40 Å². The monoisotopic (exact) mass is 191 g/mol. The molecule has 4 heteroatoms. The first-order chi connectivity index (χ1) is 6.83. The van der Waals surface area contributed by atoms with Gasteiger partial charge < -0.3 is 10.0 Å². The number of likely N-dealkylation sites (N-methyl/N-ethyl adjacent to an activating group) is 1. The predicted octanol–water partition coefficient (Wildman–Crippen LogP) is 0.763. The van der Waals surface area contributed by atoms with Crippen molar-refractivity contribution >= 4 is 11.5 Å². The first kappa shape index (κ1) is 9.02. The van der Waals surface area contributed by atoms with E-state index in [9.17, 15) is 0 Å². The van der Waals surface area contributed by atoms with Crippen LogP contribution in [0, 0.1) is 0 Å². The van der Waals surface area contributed by atoms with Crippen molar-refractivity contribution < 1.29 is 5.11 Å². The van der Waals surface area contributed by atoms with Gasteiger partial charge in [0.2, 0.25) is 0 Å². The summed E-state index contributed by atoms with van der Waals surface area (Å²) in [6.07, 6.45) is 3.68. The fourth-order valence-corrected chi connectivity index (χ4v) is 1.51. The number of nitrogens with zero attached hydrogens (tertiary/aromatic N) is 3. The predicted molar refractivity (Wildman–Crippen MR) is 55.5 cm³/mol. The van der Waals surface area contributed by atoms with Gasteiger partial charge in [-0.1, -0.05) is 6.07 Å². The van der Waals surface area contributed by atoms with Crippen molar-refractivity contribution in [3.05, 3.63) is 30.6 Å². The van der Waals surface area contributed by atoms with Crippen LogP contribution >= 0.6 is 0 Å². The molecule has 0 radical (unpaired) electrons. The van der Waals surface area contributed by atoms with Crippen LogP contribution in [0.15, 0.2) is 30.6 Å². The molecule has 0 bridgehead atoms. The lowest BCUT2D eigenvalue weighted by atomic mass is 10.4. The van der Waals surface area contributed by atoms with Crippen LogP contribution < -0.4 is 4.90 Å². The maximum atomic E-state index is 8.85. The second-order valence-corrected chi connectivity index (χ2v) is 3.18. The van der Waals surface area contributed by atoms with Crippen molar-refractivity contribution in [2.75, 3.05) is 25.1 Å². The molecule has 0 aliphatic heterocycles. The Morgan fingerprint density at radius 3 is 3.14 bits per heavy atom. The van der Waals surface area contributed by atoms with Gasteiger partial charge in [0.05, 0.1) is 6.61 Å². The highest BCUT2D eigenvalue weighted by Crippen LogP contribution is 2.14. The second-order valence-electron chi connectivity index (χ2n) is 3.18. The molecular formula is C10H13N3O. The Hall–Kier alpha value is -1.55. The standard InChI is InChI=1S/C10H13N3O/c1-12(7-8-14)10-4-2-3-9-11-5-6-13(9)10/h2-6,14H,7-8H2,1H3. The summed E-state index contributed by atoms with van der Waals surface area (Å²) in [5.74, 6) is 1.04. The fourth-order valence-electron chi connectivity index (χ4n) is 1.51. The smallest absolute Gasteiger partial charge is 0.138 e. The molecule has 0 atom stereocenters. The summed E-state index contributed by atoms with van der Waals surface area (Å²) in [7, 11) is 1.95. The SMILES string of the molecule is CN(CCO)c1cccc2nccn12. The van der Waals surface area contributed by atoms with Gasteiger partial charge in [-0.2, -0.15) is 0 Å². The maximum Gasteiger partial charge on any atom is 0.138 e. The Morgan fingerprint density at radius 2 is 2.36 bits per heavy atom. The highest BCUT2D eigenvalue weighted by atomic mass is 16.3. The molecule has 0 amide bonds. The average Bonchev–Trinajstić information content (AvgIpc) is 2.65. The Kier molecular flexibility index (Phi) is 2.37. The minimum absolute atomic E-state index is 0.154. The van der Waals surface area contributed by atoms with Gasteiger partial charge in [0.15, 0.2) is 0 Å². The molecule has 0 aliphatic carbocycles. The van der Waals surface area contributed by atoms with Gasteiger partial charge in [-0.15, -0.1) is 0 Å². The number of fused-ring (bicyclic) bond motifs is 1. The highest BCUT2D eigenvalue weighted by Gasteiger charge is 2.04. The van der Waals surface area contributed by atoms with E-state index in [4.69, 9.17) is 5.11 Å². The van der Waals surface area contributed by atoms with E-state index in [-0.39, 0.29) is 6.61 Å². The number of pyridine rings is 1. The van der Waals surface area contributed by atoms with Crippen molar-refractivity contribution in [3.8, 4) is 0 Å². The van der Waals surface area contributed by atoms with Crippen LogP contribution in [0.5, 0.6) is 0 Å². The molecule has 4 nitrogen and oxygen atoms in total. The number of hydrogen-bond donors (Lipinski definition) is 1. The minimum atomic E-state index is 0.154. The van der Waals surface area contributed by atoms with Gasteiger partial charge >= 0.3 is 0 Å². The zero-order valence-corrected chi connectivity index (χ0v) is 8.09. The van der Waals surface area contributed by atoms with Gasteiger partial charge in [0.25, 0.3) is 0 Å². The van der Waals surface area contributed by atoms with Crippen LogP contribution in [0.25, 0.3) is 5.65 Å². The van der Waals surface area contributed by atoms with Crippen LogP contribution in [0.2, 0.25) is 0 Å². The summed E-state index contributed by atoms with van der Waals surface area (Å²) in [5.41, 5.74) is 0.923. The van der Waals surface area contributed by atoms with Gasteiger partial charge in [-0.25, -0.2) is 4.98 Å². The van der Waals surface area contributed by atoms with E-state index in [0.29, 0.717) is 6.54 Å². The van der Waals surface area contributed by atoms with Crippen molar-refractivity contribution in [2.45, 2.75) is 0 Å². The lowest BCUT2D eigenvalue weighted by Crippen LogP contribution is -2.23. The van der Waals surface area contributed by atoms with E-state index in [1.165, 1.54) is 0 Å². The topological polar surface area (TPSA) is 40.8 Å². The normalized spacial score (nSPS) is 10.7. The van der Waals surface area contributed by atoms with E-state index < -0.39 is 0 Å². The molecule has 2 rings (SSSR count). The minimum Gasteiger partial charge on any atom is -0.395 e. The second kappa shape index (κ2) is 3.67. The summed E-state index contributed by atoms with van der Waals surface area (Å²) in [6.45, 7) is 0.777. The maximum absolute atomic E-state index is 8.85. The van der Waals surface area contributed by atoms with Crippen LogP contribution in [0.1, 0.15) is 0 Å². The molecule has 0 unspecified atom stereocenters. The van der Waals surface area contributed by atoms with Crippen LogP contribution in [-0.4, -0.2) is 34.7 Å². The first-order valence-electron chi connectivity index (χ1n) is 4.57. The molecule has 0 spiro atoms. The third-order valence-electron chi connectivity index (χ3n) is 2.23. The molecule has 0 aliphatic rings. The van der Waals surface area contributed by atoms with E-state index >= 15 is 0 Å². The summed E-state index contributed by atoms with van der Waals surface area (Å²) >= 11 is 0.